The van der Waals surface area contributed by atoms with Gasteiger partial charge in [-0.3, -0.25) is 34.3 Å². The summed E-state index contributed by atoms with van der Waals surface area (Å²) in [7, 11) is 0. The highest BCUT2D eigenvalue weighted by Crippen LogP contribution is 2.32. The average Bonchev–Trinajstić information content (AvgIpc) is 2.98. The number of hydrogen-bond acceptors (Lipinski definition) is 7. The number of hydrogen-bond donors (Lipinski definition) is 2. The molecule has 4 heterocycles. The Labute approximate surface area is 180 Å². The smallest absolute Gasteiger partial charge is 0.262 e. The van der Waals surface area contributed by atoms with E-state index in [0.717, 1.165) is 36.4 Å². The lowest BCUT2D eigenvalue weighted by Gasteiger charge is -2.44. The van der Waals surface area contributed by atoms with Gasteiger partial charge in [-0.15, -0.1) is 0 Å². The molecule has 1 atom stereocenters. The number of benzene rings is 1. The van der Waals surface area contributed by atoms with E-state index in [2.05, 4.69) is 15.5 Å². The van der Waals surface area contributed by atoms with E-state index in [1.807, 2.05) is 6.07 Å². The summed E-state index contributed by atoms with van der Waals surface area (Å²) < 4.78 is 5.43. The van der Waals surface area contributed by atoms with Crippen LogP contribution in [-0.2, 0) is 20.9 Å². The molecule has 3 saturated heterocycles. The molecule has 1 aromatic rings. The monoisotopic (exact) mass is 426 g/mol. The summed E-state index contributed by atoms with van der Waals surface area (Å²) in [5.74, 6) is -1.87. The number of amides is 4. The number of nitrogens with one attached hydrogen (secondary N) is 2. The van der Waals surface area contributed by atoms with Crippen molar-refractivity contribution in [1.82, 2.24) is 20.4 Å². The zero-order valence-corrected chi connectivity index (χ0v) is 17.3. The van der Waals surface area contributed by atoms with Crippen LogP contribution in [0, 0.1) is 0 Å². The highest BCUT2D eigenvalue weighted by molar-refractivity contribution is 6.24. The first-order valence-electron chi connectivity index (χ1n) is 10.9. The number of piperidine rings is 2. The Morgan fingerprint density at radius 2 is 1.77 bits per heavy atom. The molecular formula is C22H26N4O5. The van der Waals surface area contributed by atoms with E-state index in [-0.39, 0.29) is 18.7 Å². The fourth-order valence-electron chi connectivity index (χ4n) is 5.02. The Morgan fingerprint density at radius 3 is 2.45 bits per heavy atom. The van der Waals surface area contributed by atoms with Crippen molar-refractivity contribution >= 4 is 23.6 Å². The molecule has 4 amide bonds. The van der Waals surface area contributed by atoms with Crippen molar-refractivity contribution in [3.63, 3.8) is 0 Å². The SMILES string of the molecule is O=C1CCC(N2C(=O)c3cccc(CN(C4CCNCC4)C4COC4)c3C2=O)C(=O)N1. The summed E-state index contributed by atoms with van der Waals surface area (Å²) in [6.45, 7) is 3.83. The quantitative estimate of drug-likeness (QED) is 0.640. The van der Waals surface area contributed by atoms with Crippen LogP contribution >= 0.6 is 0 Å². The minimum atomic E-state index is -0.946. The molecule has 31 heavy (non-hydrogen) atoms. The van der Waals surface area contributed by atoms with Gasteiger partial charge in [0.1, 0.15) is 6.04 Å². The van der Waals surface area contributed by atoms with E-state index >= 15 is 0 Å². The number of fused-ring (bicyclic) bond motifs is 1. The predicted octanol–water partition coefficient (Wildman–Crippen LogP) is 0.0406. The molecule has 0 saturated carbocycles. The van der Waals surface area contributed by atoms with Crippen molar-refractivity contribution in [1.29, 1.82) is 0 Å². The molecule has 0 spiro atoms. The van der Waals surface area contributed by atoms with Crippen molar-refractivity contribution in [3.05, 3.63) is 34.9 Å². The van der Waals surface area contributed by atoms with Gasteiger partial charge in [-0.1, -0.05) is 12.1 Å². The molecular weight excluding hydrogens is 400 g/mol. The Bertz CT molecular complexity index is 938. The lowest BCUT2D eigenvalue weighted by molar-refractivity contribution is -0.136. The average molecular weight is 426 g/mol. The summed E-state index contributed by atoms with van der Waals surface area (Å²) in [4.78, 5) is 53.7. The van der Waals surface area contributed by atoms with Gasteiger partial charge in [0.05, 0.1) is 30.4 Å². The lowest BCUT2D eigenvalue weighted by atomic mass is 9.97. The maximum atomic E-state index is 13.4. The van der Waals surface area contributed by atoms with Gasteiger partial charge >= 0.3 is 0 Å². The standard InChI is InChI=1S/C22H26N4O5/c27-18-5-4-17(20(28)24-18)26-21(29)16-3-1-2-13(19(16)22(26)30)10-25(15-11-31-12-15)14-6-8-23-9-7-14/h1-3,14-15,17,23H,4-12H2,(H,24,27,28). The van der Waals surface area contributed by atoms with E-state index < -0.39 is 23.8 Å². The van der Waals surface area contributed by atoms with Crippen LogP contribution in [0.3, 0.4) is 0 Å². The van der Waals surface area contributed by atoms with Crippen molar-refractivity contribution in [3.8, 4) is 0 Å². The molecule has 0 bridgehead atoms. The highest BCUT2D eigenvalue weighted by Gasteiger charge is 2.46. The van der Waals surface area contributed by atoms with Crippen molar-refractivity contribution in [2.75, 3.05) is 26.3 Å². The maximum absolute atomic E-state index is 13.4. The van der Waals surface area contributed by atoms with Gasteiger partial charge in [-0.2, -0.15) is 0 Å². The minimum absolute atomic E-state index is 0.113. The highest BCUT2D eigenvalue weighted by atomic mass is 16.5. The molecule has 5 rings (SSSR count). The molecule has 4 aliphatic heterocycles. The largest absolute Gasteiger partial charge is 0.378 e. The Morgan fingerprint density at radius 1 is 1.00 bits per heavy atom. The fraction of sp³-hybridized carbons (Fsp3) is 0.545. The third-order valence-electron chi connectivity index (χ3n) is 6.77. The number of carbonyl (C=O) groups is 4. The van der Waals surface area contributed by atoms with E-state index in [9.17, 15) is 19.2 Å². The summed E-state index contributed by atoms with van der Waals surface area (Å²) >= 11 is 0. The molecule has 3 fully saturated rings. The number of carbonyl (C=O) groups excluding carboxylic acids is 4. The molecule has 1 aromatic carbocycles. The zero-order valence-electron chi connectivity index (χ0n) is 17.3. The summed E-state index contributed by atoms with van der Waals surface area (Å²) in [5, 5.41) is 5.63. The number of imide groups is 2. The summed E-state index contributed by atoms with van der Waals surface area (Å²) in [5.41, 5.74) is 1.52. The van der Waals surface area contributed by atoms with Crippen LogP contribution in [0.2, 0.25) is 0 Å². The second-order valence-electron chi connectivity index (χ2n) is 8.63. The Hall–Kier alpha value is -2.62. The second-order valence-corrected chi connectivity index (χ2v) is 8.63. The third kappa shape index (κ3) is 3.56. The van der Waals surface area contributed by atoms with Crippen LogP contribution in [0.25, 0.3) is 0 Å². The second kappa shape index (κ2) is 8.14. The van der Waals surface area contributed by atoms with Crippen molar-refractivity contribution in [2.45, 2.75) is 50.4 Å². The number of nitrogens with zero attached hydrogens (tertiary/aromatic N) is 2. The molecule has 0 aromatic heterocycles. The topological polar surface area (TPSA) is 108 Å². The van der Waals surface area contributed by atoms with Gasteiger partial charge < -0.3 is 10.1 Å². The summed E-state index contributed by atoms with van der Waals surface area (Å²) in [6, 6.07) is 5.09. The lowest BCUT2D eigenvalue weighted by Crippen LogP contribution is -2.55. The molecule has 4 aliphatic rings. The van der Waals surface area contributed by atoms with Gasteiger partial charge in [0.25, 0.3) is 11.8 Å². The Balaban J connectivity index is 1.43. The third-order valence-corrected chi connectivity index (χ3v) is 6.77. The first-order valence-corrected chi connectivity index (χ1v) is 10.9. The van der Waals surface area contributed by atoms with Gasteiger partial charge in [0.2, 0.25) is 11.8 Å². The Kier molecular flexibility index (Phi) is 5.33. The first kappa shape index (κ1) is 20.3. The molecule has 164 valence electrons. The minimum Gasteiger partial charge on any atom is -0.378 e. The number of rotatable bonds is 5. The van der Waals surface area contributed by atoms with Crippen molar-refractivity contribution in [2.24, 2.45) is 0 Å². The predicted molar refractivity (Wildman–Crippen MR) is 109 cm³/mol. The van der Waals surface area contributed by atoms with Crippen LogP contribution in [0.5, 0.6) is 0 Å². The van der Waals surface area contributed by atoms with Gasteiger partial charge in [0.15, 0.2) is 0 Å². The van der Waals surface area contributed by atoms with Gasteiger partial charge in [0, 0.05) is 19.0 Å². The van der Waals surface area contributed by atoms with E-state index in [4.69, 9.17) is 4.74 Å². The number of ether oxygens (including phenoxy) is 1. The molecule has 0 radical (unpaired) electrons. The molecule has 1 unspecified atom stereocenters. The van der Waals surface area contributed by atoms with E-state index in [0.29, 0.717) is 43.0 Å². The van der Waals surface area contributed by atoms with Crippen LogP contribution in [0.15, 0.2) is 18.2 Å². The molecule has 9 heteroatoms. The van der Waals surface area contributed by atoms with Crippen LogP contribution in [0.4, 0.5) is 0 Å². The van der Waals surface area contributed by atoms with Crippen LogP contribution in [0.1, 0.15) is 52.0 Å². The summed E-state index contributed by atoms with van der Waals surface area (Å²) in [6.07, 6.45) is 2.33. The van der Waals surface area contributed by atoms with Crippen LogP contribution in [-0.4, -0.2) is 77.9 Å². The fourth-order valence-corrected chi connectivity index (χ4v) is 5.02. The van der Waals surface area contributed by atoms with Gasteiger partial charge in [-0.05, 0) is 44.0 Å². The zero-order chi connectivity index (χ0) is 21.5. The molecule has 0 aliphatic carbocycles. The van der Waals surface area contributed by atoms with E-state index in [1.165, 1.54) is 0 Å². The first-order chi connectivity index (χ1) is 15.0. The molecule has 2 N–H and O–H groups in total. The maximum Gasteiger partial charge on any atom is 0.262 e. The normalized spacial score (nSPS) is 25.1. The van der Waals surface area contributed by atoms with Crippen LogP contribution < -0.4 is 10.6 Å². The van der Waals surface area contributed by atoms with Gasteiger partial charge in [-0.25, -0.2) is 0 Å². The molecule has 9 nitrogen and oxygen atoms in total. The van der Waals surface area contributed by atoms with E-state index in [1.54, 1.807) is 12.1 Å². The van der Waals surface area contributed by atoms with Crippen molar-refractivity contribution < 1.29 is 23.9 Å².